The van der Waals surface area contributed by atoms with Crippen molar-refractivity contribution in [2.45, 2.75) is 0 Å². The molecule has 7 heteroatoms. The SMILES string of the molecule is O=C(Nc1cccc([N+](=O)[O-])c1)Oc1ccc(F)cc1. The lowest BCUT2D eigenvalue weighted by Crippen LogP contribution is -2.16. The first-order valence-electron chi connectivity index (χ1n) is 5.53. The minimum Gasteiger partial charge on any atom is -0.410 e. The normalized spacial score (nSPS) is 9.85. The van der Waals surface area contributed by atoms with Gasteiger partial charge < -0.3 is 4.74 Å². The maximum Gasteiger partial charge on any atom is 0.417 e. The van der Waals surface area contributed by atoms with Crippen LogP contribution in [0.25, 0.3) is 0 Å². The van der Waals surface area contributed by atoms with Crippen molar-refractivity contribution in [3.63, 3.8) is 0 Å². The van der Waals surface area contributed by atoms with Crippen molar-refractivity contribution in [3.05, 3.63) is 64.5 Å². The smallest absolute Gasteiger partial charge is 0.410 e. The van der Waals surface area contributed by atoms with Gasteiger partial charge in [0.25, 0.3) is 5.69 Å². The van der Waals surface area contributed by atoms with E-state index in [2.05, 4.69) is 5.32 Å². The number of carbonyl (C=O) groups is 1. The predicted octanol–water partition coefficient (Wildman–Crippen LogP) is 3.34. The highest BCUT2D eigenvalue weighted by molar-refractivity contribution is 5.86. The molecule has 1 N–H and O–H groups in total. The highest BCUT2D eigenvalue weighted by Gasteiger charge is 2.09. The van der Waals surface area contributed by atoms with Crippen LogP contribution in [0.4, 0.5) is 20.6 Å². The number of non-ortho nitro benzene ring substituents is 1. The van der Waals surface area contributed by atoms with Gasteiger partial charge in [0.15, 0.2) is 0 Å². The summed E-state index contributed by atoms with van der Waals surface area (Å²) >= 11 is 0. The Labute approximate surface area is 112 Å². The van der Waals surface area contributed by atoms with Gasteiger partial charge in [-0.25, -0.2) is 9.18 Å². The fourth-order valence-corrected chi connectivity index (χ4v) is 1.45. The van der Waals surface area contributed by atoms with Crippen molar-refractivity contribution >= 4 is 17.5 Å². The molecular weight excluding hydrogens is 267 g/mol. The van der Waals surface area contributed by atoms with E-state index in [0.29, 0.717) is 0 Å². The van der Waals surface area contributed by atoms with E-state index in [-0.39, 0.29) is 17.1 Å². The molecule has 0 bridgehead atoms. The molecular formula is C13H9FN2O4. The molecule has 20 heavy (non-hydrogen) atoms. The zero-order valence-electron chi connectivity index (χ0n) is 10.1. The number of nitrogens with one attached hydrogen (secondary N) is 1. The molecule has 2 rings (SSSR count). The average Bonchev–Trinajstić information content (AvgIpc) is 2.41. The zero-order valence-corrected chi connectivity index (χ0v) is 10.1. The number of hydrogen-bond donors (Lipinski definition) is 1. The van der Waals surface area contributed by atoms with Crippen LogP contribution >= 0.6 is 0 Å². The Balaban J connectivity index is 2.02. The Morgan fingerprint density at radius 1 is 1.20 bits per heavy atom. The highest BCUT2D eigenvalue weighted by atomic mass is 19.1. The molecule has 0 aliphatic rings. The second-order valence-corrected chi connectivity index (χ2v) is 3.78. The first-order chi connectivity index (χ1) is 9.54. The topological polar surface area (TPSA) is 81.5 Å². The number of nitro groups is 1. The maximum absolute atomic E-state index is 12.7. The van der Waals surface area contributed by atoms with Gasteiger partial charge in [0.1, 0.15) is 11.6 Å². The summed E-state index contributed by atoms with van der Waals surface area (Å²) in [4.78, 5) is 21.6. The predicted molar refractivity (Wildman–Crippen MR) is 69.1 cm³/mol. The lowest BCUT2D eigenvalue weighted by Gasteiger charge is -2.06. The summed E-state index contributed by atoms with van der Waals surface area (Å²) in [5.74, 6) is -0.286. The van der Waals surface area contributed by atoms with Crippen molar-refractivity contribution in [1.82, 2.24) is 0 Å². The Morgan fingerprint density at radius 3 is 2.55 bits per heavy atom. The van der Waals surface area contributed by atoms with Crippen LogP contribution in [0.15, 0.2) is 48.5 Å². The molecule has 0 fully saturated rings. The van der Waals surface area contributed by atoms with Gasteiger partial charge in [-0.2, -0.15) is 0 Å². The van der Waals surface area contributed by atoms with Crippen LogP contribution in [0, 0.1) is 15.9 Å². The van der Waals surface area contributed by atoms with Crippen molar-refractivity contribution in [1.29, 1.82) is 0 Å². The molecule has 0 aliphatic carbocycles. The van der Waals surface area contributed by atoms with E-state index in [9.17, 15) is 19.3 Å². The van der Waals surface area contributed by atoms with Crippen molar-refractivity contribution < 1.29 is 18.8 Å². The molecule has 0 aliphatic heterocycles. The monoisotopic (exact) mass is 276 g/mol. The van der Waals surface area contributed by atoms with E-state index >= 15 is 0 Å². The third-order valence-electron chi connectivity index (χ3n) is 2.33. The van der Waals surface area contributed by atoms with Crippen molar-refractivity contribution in [3.8, 4) is 5.75 Å². The second-order valence-electron chi connectivity index (χ2n) is 3.78. The standard InChI is InChI=1S/C13H9FN2O4/c14-9-4-6-12(7-5-9)20-13(17)15-10-2-1-3-11(8-10)16(18)19/h1-8H,(H,15,17). The van der Waals surface area contributed by atoms with Crippen molar-refractivity contribution in [2.24, 2.45) is 0 Å². The molecule has 1 amide bonds. The molecule has 0 atom stereocenters. The fraction of sp³-hybridized carbons (Fsp3) is 0. The van der Waals surface area contributed by atoms with Crippen LogP contribution in [0.5, 0.6) is 5.75 Å². The first kappa shape index (κ1) is 13.5. The minimum atomic E-state index is -0.822. The lowest BCUT2D eigenvalue weighted by atomic mass is 10.3. The lowest BCUT2D eigenvalue weighted by molar-refractivity contribution is -0.384. The van der Waals surface area contributed by atoms with E-state index in [1.807, 2.05) is 0 Å². The number of nitrogens with zero attached hydrogens (tertiary/aromatic N) is 1. The average molecular weight is 276 g/mol. The zero-order chi connectivity index (χ0) is 14.5. The van der Waals surface area contributed by atoms with E-state index in [1.165, 1.54) is 36.4 Å². The molecule has 2 aromatic carbocycles. The third kappa shape index (κ3) is 3.52. The van der Waals surface area contributed by atoms with Gasteiger partial charge in [-0.15, -0.1) is 0 Å². The molecule has 0 spiro atoms. The van der Waals surface area contributed by atoms with Gasteiger partial charge in [-0.05, 0) is 30.3 Å². The molecule has 0 saturated heterocycles. The van der Waals surface area contributed by atoms with Gasteiger partial charge in [0.2, 0.25) is 0 Å². The number of hydrogen-bond acceptors (Lipinski definition) is 4. The summed E-state index contributed by atoms with van der Waals surface area (Å²) < 4.78 is 17.6. The molecule has 0 heterocycles. The van der Waals surface area contributed by atoms with Crippen LogP contribution in [-0.2, 0) is 0 Å². The largest absolute Gasteiger partial charge is 0.417 e. The van der Waals surface area contributed by atoms with Crippen LogP contribution in [0.2, 0.25) is 0 Å². The first-order valence-corrected chi connectivity index (χ1v) is 5.53. The van der Waals surface area contributed by atoms with Crippen LogP contribution in [-0.4, -0.2) is 11.0 Å². The second kappa shape index (κ2) is 5.79. The number of nitro benzene ring substituents is 1. The molecule has 102 valence electrons. The third-order valence-corrected chi connectivity index (χ3v) is 2.33. The number of benzene rings is 2. The Hall–Kier alpha value is -2.96. The number of anilines is 1. The van der Waals surface area contributed by atoms with E-state index in [4.69, 9.17) is 4.74 Å². The van der Waals surface area contributed by atoms with E-state index < -0.39 is 16.8 Å². The maximum atomic E-state index is 12.7. The summed E-state index contributed by atoms with van der Waals surface area (Å²) in [6, 6.07) is 10.3. The highest BCUT2D eigenvalue weighted by Crippen LogP contribution is 2.18. The number of halogens is 1. The Bertz CT molecular complexity index is 643. The van der Waals surface area contributed by atoms with Gasteiger partial charge in [-0.1, -0.05) is 6.07 Å². The molecule has 0 aromatic heterocycles. The molecule has 0 saturated carbocycles. The van der Waals surface area contributed by atoms with Gasteiger partial charge in [0.05, 0.1) is 10.6 Å². The fourth-order valence-electron chi connectivity index (χ4n) is 1.45. The summed E-state index contributed by atoms with van der Waals surface area (Å²) in [7, 11) is 0. The quantitative estimate of drug-likeness (QED) is 0.688. The Morgan fingerprint density at radius 2 is 1.90 bits per heavy atom. The number of rotatable bonds is 3. The summed E-state index contributed by atoms with van der Waals surface area (Å²) in [5.41, 5.74) is 0.0795. The van der Waals surface area contributed by atoms with Gasteiger partial charge in [-0.3, -0.25) is 15.4 Å². The summed E-state index contributed by atoms with van der Waals surface area (Å²) in [6.07, 6.45) is -0.822. The summed E-state index contributed by atoms with van der Waals surface area (Å²) in [5, 5.41) is 12.9. The van der Waals surface area contributed by atoms with E-state index in [0.717, 1.165) is 12.1 Å². The van der Waals surface area contributed by atoms with E-state index in [1.54, 1.807) is 0 Å². The van der Waals surface area contributed by atoms with Crippen LogP contribution in [0.1, 0.15) is 0 Å². The summed E-state index contributed by atoms with van der Waals surface area (Å²) in [6.45, 7) is 0. The molecule has 6 nitrogen and oxygen atoms in total. The van der Waals surface area contributed by atoms with Crippen LogP contribution < -0.4 is 10.1 Å². The molecule has 0 unspecified atom stereocenters. The van der Waals surface area contributed by atoms with Crippen LogP contribution in [0.3, 0.4) is 0 Å². The minimum absolute atomic E-state index is 0.149. The molecule has 0 radical (unpaired) electrons. The number of amides is 1. The van der Waals surface area contributed by atoms with Gasteiger partial charge in [0, 0.05) is 12.1 Å². The number of ether oxygens (including phenoxy) is 1. The van der Waals surface area contributed by atoms with Crippen molar-refractivity contribution in [2.75, 3.05) is 5.32 Å². The number of carbonyl (C=O) groups excluding carboxylic acids is 1. The Kier molecular flexibility index (Phi) is 3.90. The molecule has 2 aromatic rings. The van der Waals surface area contributed by atoms with Gasteiger partial charge >= 0.3 is 6.09 Å².